The van der Waals surface area contributed by atoms with Crippen LogP contribution in [0.15, 0.2) is 36.5 Å². The number of fused-ring (bicyclic) bond motifs is 1. The van der Waals surface area contributed by atoms with Gasteiger partial charge in [-0.25, -0.2) is 4.98 Å². The van der Waals surface area contributed by atoms with Gasteiger partial charge in [0, 0.05) is 12.7 Å². The summed E-state index contributed by atoms with van der Waals surface area (Å²) in [6.45, 7) is 0.706. The second-order valence-electron chi connectivity index (χ2n) is 4.30. The molecule has 2 N–H and O–H groups in total. The van der Waals surface area contributed by atoms with E-state index in [2.05, 4.69) is 43.1 Å². The molecule has 0 aliphatic rings. The fraction of sp³-hybridized carbons (Fsp3) is 0.143. The Morgan fingerprint density at radius 3 is 2.80 bits per heavy atom. The van der Waals surface area contributed by atoms with Gasteiger partial charge in [-0.15, -0.1) is 0 Å². The molecule has 0 unspecified atom stereocenters. The van der Waals surface area contributed by atoms with Gasteiger partial charge in [0.15, 0.2) is 0 Å². The third-order valence-corrected chi connectivity index (χ3v) is 3.83. The van der Waals surface area contributed by atoms with E-state index in [1.807, 2.05) is 30.3 Å². The molecule has 0 aliphatic heterocycles. The Bertz CT molecular complexity index is 724. The average molecular weight is 380 g/mol. The Morgan fingerprint density at radius 1 is 1.25 bits per heavy atom. The lowest BCUT2D eigenvalue weighted by molar-refractivity contribution is 0.414. The number of halogens is 1. The van der Waals surface area contributed by atoms with E-state index >= 15 is 0 Å². The number of anilines is 1. The minimum atomic E-state index is 0.706. The van der Waals surface area contributed by atoms with Gasteiger partial charge in [-0.1, -0.05) is 12.1 Å². The predicted molar refractivity (Wildman–Crippen MR) is 86.9 cm³/mol. The monoisotopic (exact) mass is 380 g/mol. The summed E-state index contributed by atoms with van der Waals surface area (Å²) in [6.07, 6.45) is 1.77. The molecular weight excluding hydrogens is 367 g/mol. The van der Waals surface area contributed by atoms with Gasteiger partial charge in [0.2, 0.25) is 0 Å². The summed E-state index contributed by atoms with van der Waals surface area (Å²) in [5.41, 5.74) is 2.16. The molecule has 0 fully saturated rings. The first-order valence-corrected chi connectivity index (χ1v) is 7.21. The maximum Gasteiger partial charge on any atom is 0.138 e. The van der Waals surface area contributed by atoms with E-state index in [1.54, 1.807) is 13.3 Å². The third kappa shape index (κ3) is 2.55. The first kappa shape index (κ1) is 13.2. The SMILES string of the molecule is COc1ccc(CNc2nccc3[nH]nc(I)c23)cc1. The standard InChI is InChI=1S/C14H13IN4O/c1-20-10-4-2-9(3-5-10)8-17-14-12-11(6-7-16-14)18-19-13(12)15/h2-7H,8H2,1H3,(H,16,17)(H,18,19). The van der Waals surface area contributed by atoms with Crippen LogP contribution in [-0.4, -0.2) is 22.3 Å². The van der Waals surface area contributed by atoms with E-state index in [1.165, 1.54) is 5.56 Å². The molecule has 1 aromatic carbocycles. The normalized spacial score (nSPS) is 10.7. The second-order valence-corrected chi connectivity index (χ2v) is 5.32. The van der Waals surface area contributed by atoms with Crippen LogP contribution in [0.5, 0.6) is 5.75 Å². The van der Waals surface area contributed by atoms with Crippen LogP contribution in [0.1, 0.15) is 5.56 Å². The van der Waals surface area contributed by atoms with Crippen molar-refractivity contribution in [3.8, 4) is 5.75 Å². The van der Waals surface area contributed by atoms with Gasteiger partial charge in [0.25, 0.3) is 0 Å². The van der Waals surface area contributed by atoms with Gasteiger partial charge >= 0.3 is 0 Å². The first-order valence-electron chi connectivity index (χ1n) is 6.13. The molecule has 0 amide bonds. The molecule has 2 heterocycles. The molecule has 0 bridgehead atoms. The molecule has 20 heavy (non-hydrogen) atoms. The second kappa shape index (κ2) is 5.66. The predicted octanol–water partition coefficient (Wildman–Crippen LogP) is 3.18. The molecule has 102 valence electrons. The molecule has 6 heteroatoms. The van der Waals surface area contributed by atoms with Crippen molar-refractivity contribution in [1.29, 1.82) is 0 Å². The molecule has 0 saturated heterocycles. The lowest BCUT2D eigenvalue weighted by atomic mass is 10.2. The van der Waals surface area contributed by atoms with Gasteiger partial charge in [0.1, 0.15) is 15.3 Å². The van der Waals surface area contributed by atoms with Crippen LogP contribution in [-0.2, 0) is 6.54 Å². The van der Waals surface area contributed by atoms with E-state index < -0.39 is 0 Å². The molecule has 0 saturated carbocycles. The van der Waals surface area contributed by atoms with Crippen LogP contribution in [0.4, 0.5) is 5.82 Å². The van der Waals surface area contributed by atoms with Crippen molar-refractivity contribution in [2.24, 2.45) is 0 Å². The summed E-state index contributed by atoms with van der Waals surface area (Å²) < 4.78 is 6.07. The van der Waals surface area contributed by atoms with Crippen LogP contribution in [0.3, 0.4) is 0 Å². The maximum atomic E-state index is 5.15. The van der Waals surface area contributed by atoms with E-state index in [9.17, 15) is 0 Å². The Balaban J connectivity index is 1.81. The van der Waals surface area contributed by atoms with Crippen molar-refractivity contribution < 1.29 is 4.74 Å². The molecule has 0 radical (unpaired) electrons. The highest BCUT2D eigenvalue weighted by Gasteiger charge is 2.08. The smallest absolute Gasteiger partial charge is 0.138 e. The molecule has 0 spiro atoms. The van der Waals surface area contributed by atoms with Crippen LogP contribution in [0.2, 0.25) is 0 Å². The number of H-pyrrole nitrogens is 1. The zero-order valence-electron chi connectivity index (χ0n) is 10.9. The largest absolute Gasteiger partial charge is 0.497 e. The van der Waals surface area contributed by atoms with E-state index in [0.29, 0.717) is 6.54 Å². The molecule has 5 nitrogen and oxygen atoms in total. The summed E-state index contributed by atoms with van der Waals surface area (Å²) in [6, 6.07) is 9.89. The van der Waals surface area contributed by atoms with Gasteiger partial charge in [0.05, 0.1) is 18.0 Å². The van der Waals surface area contributed by atoms with Crippen molar-refractivity contribution in [1.82, 2.24) is 15.2 Å². The highest BCUT2D eigenvalue weighted by molar-refractivity contribution is 14.1. The molecule has 0 aliphatic carbocycles. The minimum absolute atomic E-state index is 0.706. The Morgan fingerprint density at radius 2 is 2.05 bits per heavy atom. The fourth-order valence-corrected chi connectivity index (χ4v) is 2.66. The molecule has 3 aromatic rings. The number of nitrogens with zero attached hydrogens (tertiary/aromatic N) is 2. The summed E-state index contributed by atoms with van der Waals surface area (Å²) in [5.74, 6) is 1.70. The number of methoxy groups -OCH3 is 1. The van der Waals surface area contributed by atoms with Crippen molar-refractivity contribution in [3.63, 3.8) is 0 Å². The quantitative estimate of drug-likeness (QED) is 0.683. The third-order valence-electron chi connectivity index (χ3n) is 3.05. The minimum Gasteiger partial charge on any atom is -0.497 e. The zero-order valence-corrected chi connectivity index (χ0v) is 13.0. The zero-order chi connectivity index (χ0) is 13.9. The fourth-order valence-electron chi connectivity index (χ4n) is 1.99. The first-order chi connectivity index (χ1) is 9.78. The number of hydrogen-bond donors (Lipinski definition) is 2. The van der Waals surface area contributed by atoms with Crippen molar-refractivity contribution in [2.75, 3.05) is 12.4 Å². The lowest BCUT2D eigenvalue weighted by Crippen LogP contribution is -2.01. The Kier molecular flexibility index (Phi) is 3.72. The number of ether oxygens (including phenoxy) is 1. The summed E-state index contributed by atoms with van der Waals surface area (Å²) in [7, 11) is 1.67. The van der Waals surface area contributed by atoms with Crippen LogP contribution >= 0.6 is 22.6 Å². The highest BCUT2D eigenvalue weighted by Crippen LogP contribution is 2.24. The summed E-state index contributed by atoms with van der Waals surface area (Å²) >= 11 is 2.20. The number of rotatable bonds is 4. The number of hydrogen-bond acceptors (Lipinski definition) is 4. The lowest BCUT2D eigenvalue weighted by Gasteiger charge is -2.07. The molecule has 0 atom stereocenters. The van der Waals surface area contributed by atoms with Crippen molar-refractivity contribution in [3.05, 3.63) is 45.8 Å². The summed E-state index contributed by atoms with van der Waals surface area (Å²) in [4.78, 5) is 4.39. The Labute approximate surface area is 129 Å². The highest BCUT2D eigenvalue weighted by atomic mass is 127. The number of nitrogens with one attached hydrogen (secondary N) is 2. The van der Waals surface area contributed by atoms with Crippen LogP contribution in [0.25, 0.3) is 10.9 Å². The van der Waals surface area contributed by atoms with Gasteiger partial charge in [-0.05, 0) is 46.4 Å². The molecular formula is C14H13IN4O. The van der Waals surface area contributed by atoms with Gasteiger partial charge < -0.3 is 10.1 Å². The average Bonchev–Trinajstić information content (AvgIpc) is 2.88. The van der Waals surface area contributed by atoms with Gasteiger partial charge in [-0.3, -0.25) is 5.10 Å². The number of aromatic nitrogens is 3. The molecule has 2 aromatic heterocycles. The maximum absolute atomic E-state index is 5.15. The van der Waals surface area contributed by atoms with Gasteiger partial charge in [-0.2, -0.15) is 5.10 Å². The van der Waals surface area contributed by atoms with Crippen molar-refractivity contribution >= 4 is 39.3 Å². The molecule has 3 rings (SSSR count). The van der Waals surface area contributed by atoms with Crippen molar-refractivity contribution in [2.45, 2.75) is 6.54 Å². The van der Waals surface area contributed by atoms with E-state index in [4.69, 9.17) is 4.74 Å². The van der Waals surface area contributed by atoms with E-state index in [0.717, 1.165) is 26.2 Å². The topological polar surface area (TPSA) is 62.8 Å². The number of aromatic amines is 1. The summed E-state index contributed by atoms with van der Waals surface area (Å²) in [5, 5.41) is 11.6. The van der Waals surface area contributed by atoms with E-state index in [-0.39, 0.29) is 0 Å². The van der Waals surface area contributed by atoms with Crippen LogP contribution in [0, 0.1) is 3.70 Å². The number of benzene rings is 1. The number of pyridine rings is 1. The van der Waals surface area contributed by atoms with Crippen LogP contribution < -0.4 is 10.1 Å². The Hall–Kier alpha value is -1.83.